The van der Waals surface area contributed by atoms with Gasteiger partial charge in [-0.25, -0.2) is 12.7 Å². The van der Waals surface area contributed by atoms with Crippen LogP contribution in [0.5, 0.6) is 0 Å². The van der Waals surface area contributed by atoms with Crippen molar-refractivity contribution in [3.63, 3.8) is 0 Å². The SMILES string of the molecule is Cc1ccc(S(=O)(=O)N2CCC(C)(S(=O)(=O)O)C2=O)cc1. The zero-order chi connectivity index (χ0) is 16.1. The van der Waals surface area contributed by atoms with E-state index in [-0.39, 0.29) is 17.9 Å². The van der Waals surface area contributed by atoms with Gasteiger partial charge in [0.25, 0.3) is 26.0 Å². The lowest BCUT2D eigenvalue weighted by Gasteiger charge is -2.20. The van der Waals surface area contributed by atoms with Gasteiger partial charge in [0.2, 0.25) is 0 Å². The van der Waals surface area contributed by atoms with Gasteiger partial charge in [0.1, 0.15) is 0 Å². The molecule has 1 fully saturated rings. The highest BCUT2D eigenvalue weighted by Crippen LogP contribution is 2.33. The van der Waals surface area contributed by atoms with Crippen molar-refractivity contribution in [3.8, 4) is 0 Å². The van der Waals surface area contributed by atoms with Crippen molar-refractivity contribution in [2.24, 2.45) is 0 Å². The first kappa shape index (κ1) is 15.9. The number of sulfonamides is 1. The zero-order valence-electron chi connectivity index (χ0n) is 11.5. The molecule has 0 aliphatic carbocycles. The third-order valence-corrected chi connectivity index (χ3v) is 6.96. The predicted molar refractivity (Wildman–Crippen MR) is 74.6 cm³/mol. The highest BCUT2D eigenvalue weighted by Gasteiger charge is 2.55. The van der Waals surface area contributed by atoms with Crippen LogP contribution in [0.25, 0.3) is 0 Å². The van der Waals surface area contributed by atoms with Crippen LogP contribution in [-0.2, 0) is 24.9 Å². The Hall–Kier alpha value is -1.45. The van der Waals surface area contributed by atoms with E-state index in [4.69, 9.17) is 4.55 Å². The molecule has 0 radical (unpaired) electrons. The molecule has 116 valence electrons. The molecule has 0 aromatic heterocycles. The molecule has 0 saturated carbocycles. The number of amides is 1. The molecule has 21 heavy (non-hydrogen) atoms. The standard InChI is InChI=1S/C12H15NO6S2/c1-9-3-5-10(6-4-9)20(15,16)13-8-7-12(2,11(13)14)21(17,18)19/h3-6H,7-8H2,1-2H3,(H,17,18,19). The summed E-state index contributed by atoms with van der Waals surface area (Å²) >= 11 is 0. The first-order valence-electron chi connectivity index (χ1n) is 6.11. The van der Waals surface area contributed by atoms with E-state index in [1.165, 1.54) is 12.1 Å². The summed E-state index contributed by atoms with van der Waals surface area (Å²) in [7, 11) is -8.82. The Bertz CT molecular complexity index is 782. The molecule has 1 aliphatic heterocycles. The van der Waals surface area contributed by atoms with Crippen LogP contribution in [-0.4, -0.2) is 42.9 Å². The molecule has 0 spiro atoms. The second-order valence-electron chi connectivity index (χ2n) is 5.15. The van der Waals surface area contributed by atoms with Gasteiger partial charge < -0.3 is 0 Å². The molecule has 1 saturated heterocycles. The molecule has 0 bridgehead atoms. The fraction of sp³-hybridized carbons (Fsp3) is 0.417. The van der Waals surface area contributed by atoms with Gasteiger partial charge in [-0.2, -0.15) is 8.42 Å². The van der Waals surface area contributed by atoms with Crippen LogP contribution in [0.4, 0.5) is 0 Å². The van der Waals surface area contributed by atoms with Crippen LogP contribution >= 0.6 is 0 Å². The third-order valence-electron chi connectivity index (χ3n) is 3.65. The zero-order valence-corrected chi connectivity index (χ0v) is 13.1. The van der Waals surface area contributed by atoms with E-state index in [1.54, 1.807) is 19.1 Å². The number of rotatable bonds is 3. The molecule has 2 rings (SSSR count). The summed E-state index contributed by atoms with van der Waals surface area (Å²) in [5.41, 5.74) is 0.851. The van der Waals surface area contributed by atoms with Gasteiger partial charge in [-0.05, 0) is 32.4 Å². The van der Waals surface area contributed by atoms with Crippen LogP contribution in [0, 0.1) is 6.92 Å². The maximum atomic E-state index is 12.4. The van der Waals surface area contributed by atoms with Crippen molar-refractivity contribution >= 4 is 26.0 Å². The van der Waals surface area contributed by atoms with E-state index in [0.29, 0.717) is 4.31 Å². The number of hydrogen-bond donors (Lipinski definition) is 1. The summed E-state index contributed by atoms with van der Waals surface area (Å²) in [6.45, 7) is 2.52. The molecule has 1 aliphatic rings. The number of aryl methyl sites for hydroxylation is 1. The Balaban J connectivity index is 2.45. The molecule has 1 aromatic carbocycles. The summed E-state index contributed by atoms with van der Waals surface area (Å²) in [6.07, 6.45) is -0.282. The molecule has 7 nitrogen and oxygen atoms in total. The average Bonchev–Trinajstić information content (AvgIpc) is 2.68. The van der Waals surface area contributed by atoms with Gasteiger partial charge in [-0.3, -0.25) is 9.35 Å². The van der Waals surface area contributed by atoms with Crippen molar-refractivity contribution in [2.45, 2.75) is 29.9 Å². The second-order valence-corrected chi connectivity index (χ2v) is 8.86. The summed E-state index contributed by atoms with van der Waals surface area (Å²) in [6, 6.07) is 5.85. The Morgan fingerprint density at radius 1 is 1.14 bits per heavy atom. The average molecular weight is 333 g/mol. The number of nitrogens with zero attached hydrogens (tertiary/aromatic N) is 1. The van der Waals surface area contributed by atoms with E-state index in [0.717, 1.165) is 12.5 Å². The number of benzene rings is 1. The minimum atomic E-state index is -4.69. The van der Waals surface area contributed by atoms with Gasteiger partial charge in [0, 0.05) is 6.54 Å². The fourth-order valence-corrected chi connectivity index (χ4v) is 4.32. The molecular formula is C12H15NO6S2. The smallest absolute Gasteiger partial charge is 0.279 e. The highest BCUT2D eigenvalue weighted by atomic mass is 32.2. The quantitative estimate of drug-likeness (QED) is 0.810. The van der Waals surface area contributed by atoms with Gasteiger partial charge in [0.15, 0.2) is 4.75 Å². The molecular weight excluding hydrogens is 318 g/mol. The number of carbonyl (C=O) groups excluding carboxylic acids is 1. The Morgan fingerprint density at radius 2 is 1.67 bits per heavy atom. The van der Waals surface area contributed by atoms with Crippen molar-refractivity contribution in [2.75, 3.05) is 6.54 Å². The second kappa shape index (κ2) is 4.79. The Labute approximate surface area is 123 Å². The first-order valence-corrected chi connectivity index (χ1v) is 8.99. The molecule has 1 amide bonds. The highest BCUT2D eigenvalue weighted by molar-refractivity contribution is 7.90. The van der Waals surface area contributed by atoms with Gasteiger partial charge in [-0.15, -0.1) is 0 Å². The van der Waals surface area contributed by atoms with E-state index in [9.17, 15) is 21.6 Å². The molecule has 1 aromatic rings. The monoisotopic (exact) mass is 333 g/mol. The summed E-state index contributed by atoms with van der Waals surface area (Å²) < 4.78 is 55.0. The molecule has 1 unspecified atom stereocenters. The third kappa shape index (κ3) is 2.45. The van der Waals surface area contributed by atoms with Crippen molar-refractivity contribution in [3.05, 3.63) is 29.8 Å². The predicted octanol–water partition coefficient (Wildman–Crippen LogP) is 0.563. The Kier molecular flexibility index (Phi) is 3.63. The molecule has 1 heterocycles. The maximum Gasteiger partial charge on any atom is 0.279 e. The molecule has 9 heteroatoms. The van der Waals surface area contributed by atoms with Crippen LogP contribution in [0.15, 0.2) is 29.2 Å². The molecule has 1 N–H and O–H groups in total. The van der Waals surface area contributed by atoms with Gasteiger partial charge in [0.05, 0.1) is 4.90 Å². The van der Waals surface area contributed by atoms with E-state index in [1.807, 2.05) is 0 Å². The topological polar surface area (TPSA) is 109 Å². The lowest BCUT2D eigenvalue weighted by Crippen LogP contribution is -2.45. The fourth-order valence-electron chi connectivity index (χ4n) is 2.09. The van der Waals surface area contributed by atoms with E-state index < -0.39 is 30.8 Å². The lowest BCUT2D eigenvalue weighted by molar-refractivity contribution is -0.125. The Morgan fingerprint density at radius 3 is 2.10 bits per heavy atom. The van der Waals surface area contributed by atoms with E-state index >= 15 is 0 Å². The minimum Gasteiger partial charge on any atom is -0.285 e. The summed E-state index contributed by atoms with van der Waals surface area (Å²) in [4.78, 5) is 12.1. The maximum absolute atomic E-state index is 12.4. The van der Waals surface area contributed by atoms with E-state index in [2.05, 4.69) is 0 Å². The number of hydrogen-bond acceptors (Lipinski definition) is 5. The molecule has 1 atom stereocenters. The lowest BCUT2D eigenvalue weighted by atomic mass is 10.1. The summed E-state index contributed by atoms with van der Waals surface area (Å²) in [5.74, 6) is -1.13. The number of carbonyl (C=O) groups is 1. The van der Waals surface area contributed by atoms with Crippen LogP contribution in [0.1, 0.15) is 18.9 Å². The normalized spacial score (nSPS) is 23.6. The van der Waals surface area contributed by atoms with Gasteiger partial charge >= 0.3 is 0 Å². The van der Waals surface area contributed by atoms with Crippen molar-refractivity contribution in [1.82, 2.24) is 4.31 Å². The largest absolute Gasteiger partial charge is 0.285 e. The van der Waals surface area contributed by atoms with Crippen LogP contribution < -0.4 is 0 Å². The van der Waals surface area contributed by atoms with Crippen LogP contribution in [0.2, 0.25) is 0 Å². The first-order chi connectivity index (χ1) is 9.50. The minimum absolute atomic E-state index is 0.0963. The van der Waals surface area contributed by atoms with Crippen molar-refractivity contribution in [1.29, 1.82) is 0 Å². The van der Waals surface area contributed by atoms with Gasteiger partial charge in [-0.1, -0.05) is 17.7 Å². The summed E-state index contributed by atoms with van der Waals surface area (Å²) in [5, 5.41) is 0. The van der Waals surface area contributed by atoms with Crippen molar-refractivity contribution < 1.29 is 26.2 Å². The van der Waals surface area contributed by atoms with Crippen LogP contribution in [0.3, 0.4) is 0 Å².